The summed E-state index contributed by atoms with van der Waals surface area (Å²) in [5.74, 6) is 0.347. The molecule has 0 aromatic heterocycles. The molecule has 0 saturated carbocycles. The molecule has 0 aliphatic carbocycles. The van der Waals surface area contributed by atoms with Gasteiger partial charge in [0, 0.05) is 18.9 Å². The summed E-state index contributed by atoms with van der Waals surface area (Å²) in [5, 5.41) is 17.6. The minimum Gasteiger partial charge on any atom is -0.484 e. The van der Waals surface area contributed by atoms with Gasteiger partial charge in [0.25, 0.3) is 0 Å². The molecule has 0 spiro atoms. The van der Waals surface area contributed by atoms with E-state index in [1.54, 1.807) is 36.4 Å². The number of hydrogen-bond donors (Lipinski definition) is 1. The molecule has 0 bridgehead atoms. The van der Waals surface area contributed by atoms with Crippen LogP contribution >= 0.6 is 0 Å². The van der Waals surface area contributed by atoms with Gasteiger partial charge in [0.05, 0.1) is 13.2 Å². The molecule has 3 rings (SSSR count). The number of amidine groups is 1. The summed E-state index contributed by atoms with van der Waals surface area (Å²) in [6, 6.07) is 13.1. The molecule has 1 aliphatic rings. The number of ether oxygens (including phenoxy) is 4. The minimum absolute atomic E-state index is 0.0601. The Hall–Kier alpha value is -3.38. The lowest BCUT2D eigenvalue weighted by atomic mass is 10.00. The zero-order chi connectivity index (χ0) is 22.2. The van der Waals surface area contributed by atoms with Gasteiger partial charge in [0.15, 0.2) is 17.7 Å². The van der Waals surface area contributed by atoms with Crippen LogP contribution in [-0.4, -0.2) is 43.4 Å². The lowest BCUT2D eigenvalue weighted by Gasteiger charge is -2.22. The van der Waals surface area contributed by atoms with Crippen LogP contribution in [0, 0.1) is 16.9 Å². The predicted molar refractivity (Wildman–Crippen MR) is 108 cm³/mol. The van der Waals surface area contributed by atoms with Crippen molar-refractivity contribution in [1.82, 2.24) is 4.90 Å². The summed E-state index contributed by atoms with van der Waals surface area (Å²) in [6.45, 7) is -0.0409. The number of benzene rings is 2. The maximum atomic E-state index is 12.8. The molecule has 2 atom stereocenters. The number of nitrogens with one attached hydrogen (secondary N) is 1. The number of para-hydroxylation sites is 1. The van der Waals surface area contributed by atoms with Gasteiger partial charge in [-0.25, -0.2) is 4.90 Å². The van der Waals surface area contributed by atoms with Gasteiger partial charge < -0.3 is 18.9 Å². The van der Waals surface area contributed by atoms with Crippen molar-refractivity contribution in [1.29, 1.82) is 10.7 Å². The van der Waals surface area contributed by atoms with Crippen LogP contribution in [0.5, 0.6) is 17.2 Å². The number of nitrogens with zero attached hydrogens (tertiary/aromatic N) is 2. The van der Waals surface area contributed by atoms with Crippen molar-refractivity contribution in [3.05, 3.63) is 54.1 Å². The van der Waals surface area contributed by atoms with Gasteiger partial charge in [-0.05, 0) is 29.8 Å². The Morgan fingerprint density at radius 3 is 2.68 bits per heavy atom. The van der Waals surface area contributed by atoms with E-state index in [2.05, 4.69) is 4.74 Å². The molecular weight excluding hydrogens is 408 g/mol. The molecule has 7 nitrogen and oxygen atoms in total. The third kappa shape index (κ3) is 6.30. The van der Waals surface area contributed by atoms with Gasteiger partial charge in [-0.1, -0.05) is 31.2 Å². The summed E-state index contributed by atoms with van der Waals surface area (Å²) in [5.41, 5.74) is 0.739. The quantitative estimate of drug-likeness (QED) is 0.289. The summed E-state index contributed by atoms with van der Waals surface area (Å²) in [6.07, 6.45) is 2.36. The third-order valence-corrected chi connectivity index (χ3v) is 4.71. The van der Waals surface area contributed by atoms with Crippen molar-refractivity contribution in [2.24, 2.45) is 0 Å². The fraction of sp³-hybridized carbons (Fsp3) is 0.364. The van der Waals surface area contributed by atoms with E-state index in [1.807, 2.05) is 19.2 Å². The fourth-order valence-electron chi connectivity index (χ4n) is 3.11. The van der Waals surface area contributed by atoms with Gasteiger partial charge >= 0.3 is 12.6 Å². The second kappa shape index (κ2) is 10.6. The van der Waals surface area contributed by atoms with Crippen molar-refractivity contribution < 1.29 is 27.7 Å². The monoisotopic (exact) mass is 431 g/mol. The normalized spacial score (nSPS) is 16.4. The first kappa shape index (κ1) is 22.3. The Bertz CT molecular complexity index is 915. The summed E-state index contributed by atoms with van der Waals surface area (Å²) in [4.78, 5) is 1.12. The average molecular weight is 431 g/mol. The van der Waals surface area contributed by atoms with Crippen LogP contribution in [0.4, 0.5) is 8.78 Å². The molecule has 1 heterocycles. The number of alkyl halides is 2. The van der Waals surface area contributed by atoms with E-state index in [-0.39, 0.29) is 36.1 Å². The molecule has 2 aromatic rings. The highest BCUT2D eigenvalue weighted by atomic mass is 19.3. The molecule has 1 N–H and O–H groups in total. The van der Waals surface area contributed by atoms with E-state index >= 15 is 0 Å². The van der Waals surface area contributed by atoms with Crippen molar-refractivity contribution in [3.63, 3.8) is 0 Å². The third-order valence-electron chi connectivity index (χ3n) is 4.71. The highest BCUT2D eigenvalue weighted by Crippen LogP contribution is 2.34. The number of nitriles is 1. The Labute approximate surface area is 179 Å². The van der Waals surface area contributed by atoms with Crippen LogP contribution < -0.4 is 14.2 Å². The highest BCUT2D eigenvalue weighted by Gasteiger charge is 2.23. The zero-order valence-electron chi connectivity index (χ0n) is 17.0. The van der Waals surface area contributed by atoms with E-state index in [9.17, 15) is 14.0 Å². The maximum Gasteiger partial charge on any atom is 0.387 e. The topological polar surface area (TPSA) is 87.8 Å². The van der Waals surface area contributed by atoms with Crippen molar-refractivity contribution in [3.8, 4) is 23.4 Å². The largest absolute Gasteiger partial charge is 0.484 e. The molecule has 1 aliphatic heterocycles. The first-order valence-electron chi connectivity index (χ1n) is 9.78. The average Bonchev–Trinajstić information content (AvgIpc) is 3.26. The highest BCUT2D eigenvalue weighted by molar-refractivity contribution is 5.74. The van der Waals surface area contributed by atoms with E-state index < -0.39 is 6.61 Å². The second-order valence-electron chi connectivity index (χ2n) is 7.02. The van der Waals surface area contributed by atoms with Gasteiger partial charge in [0.2, 0.25) is 0 Å². The zero-order valence-corrected chi connectivity index (χ0v) is 17.0. The minimum atomic E-state index is -2.98. The van der Waals surface area contributed by atoms with Crippen LogP contribution in [0.15, 0.2) is 48.5 Å². The Morgan fingerprint density at radius 1 is 1.26 bits per heavy atom. The molecule has 1 saturated heterocycles. The fourth-order valence-corrected chi connectivity index (χ4v) is 3.11. The van der Waals surface area contributed by atoms with Crippen molar-refractivity contribution in [2.45, 2.75) is 32.0 Å². The molecule has 31 heavy (non-hydrogen) atoms. The number of hydrogen-bond acceptors (Lipinski definition) is 6. The molecule has 9 heteroatoms. The summed E-state index contributed by atoms with van der Waals surface area (Å²) >= 11 is 0. The Balaban J connectivity index is 1.72. The van der Waals surface area contributed by atoms with E-state index in [1.165, 1.54) is 6.07 Å². The van der Waals surface area contributed by atoms with E-state index in [0.29, 0.717) is 25.4 Å². The number of rotatable bonds is 8. The van der Waals surface area contributed by atoms with Crippen molar-refractivity contribution in [2.75, 3.05) is 19.8 Å². The van der Waals surface area contributed by atoms with E-state index in [4.69, 9.17) is 19.6 Å². The van der Waals surface area contributed by atoms with Crippen LogP contribution in [0.1, 0.15) is 24.8 Å². The second-order valence-corrected chi connectivity index (χ2v) is 7.02. The Morgan fingerprint density at radius 2 is 2.03 bits per heavy atom. The van der Waals surface area contributed by atoms with Crippen LogP contribution in [0.25, 0.3) is 0 Å². The molecule has 1 fully saturated rings. The summed E-state index contributed by atoms with van der Waals surface area (Å²) in [7, 11) is 0. The van der Waals surface area contributed by atoms with Gasteiger partial charge in [-0.2, -0.15) is 14.0 Å². The lowest BCUT2D eigenvalue weighted by Crippen LogP contribution is -2.33. The predicted octanol–water partition coefficient (Wildman–Crippen LogP) is 4.36. The van der Waals surface area contributed by atoms with Gasteiger partial charge in [-0.15, -0.1) is 0 Å². The van der Waals surface area contributed by atoms with E-state index in [0.717, 1.165) is 10.5 Å². The Kier molecular flexibility index (Phi) is 7.62. The number of halogens is 2. The summed E-state index contributed by atoms with van der Waals surface area (Å²) < 4.78 is 46.7. The molecule has 2 unspecified atom stereocenters. The molecular formula is C22H23F2N3O4. The van der Waals surface area contributed by atoms with Gasteiger partial charge in [0.1, 0.15) is 11.9 Å². The first-order chi connectivity index (χ1) is 15.0. The maximum absolute atomic E-state index is 12.8. The SMILES string of the molecule is CC(CN(C#N)C(=N)Oc1ccccc1)c1ccc(OC(F)F)c(OC2CCOC2)c1. The first-order valence-corrected chi connectivity index (χ1v) is 9.78. The standard InChI is InChI=1S/C22H23F2N3O4/c1-15(12-27(14-25)22(26)30-17-5-3-2-4-6-17)16-7-8-19(31-21(23)24)20(11-16)29-18-9-10-28-13-18/h2-8,11,15,18,21,26H,9-10,12-13H2,1H3. The van der Waals surface area contributed by atoms with Crippen molar-refractivity contribution >= 4 is 6.02 Å². The molecule has 164 valence electrons. The lowest BCUT2D eigenvalue weighted by molar-refractivity contribution is -0.0521. The van der Waals surface area contributed by atoms with Crippen LogP contribution in [0.3, 0.4) is 0 Å². The molecule has 0 amide bonds. The van der Waals surface area contributed by atoms with Crippen LogP contribution in [-0.2, 0) is 4.74 Å². The molecule has 2 aromatic carbocycles. The smallest absolute Gasteiger partial charge is 0.387 e. The van der Waals surface area contributed by atoms with Crippen LogP contribution in [0.2, 0.25) is 0 Å². The molecule has 0 radical (unpaired) electrons. The van der Waals surface area contributed by atoms with Gasteiger partial charge in [-0.3, -0.25) is 5.41 Å².